The van der Waals surface area contributed by atoms with Gasteiger partial charge in [-0.3, -0.25) is 9.98 Å². The number of urea groups is 1. The van der Waals surface area contributed by atoms with Gasteiger partial charge in [-0.1, -0.05) is 60.7 Å². The molecule has 160 valence electrons. The van der Waals surface area contributed by atoms with Crippen LogP contribution < -0.4 is 15.5 Å². The van der Waals surface area contributed by atoms with Crippen LogP contribution in [0.1, 0.15) is 23.6 Å². The highest BCUT2D eigenvalue weighted by Crippen LogP contribution is 2.31. The van der Waals surface area contributed by atoms with Crippen LogP contribution in [0.2, 0.25) is 0 Å². The highest BCUT2D eigenvalue weighted by atomic mass is 16.2. The maximum absolute atomic E-state index is 12.9. The number of rotatable bonds is 3. The van der Waals surface area contributed by atoms with Gasteiger partial charge in [-0.2, -0.15) is 0 Å². The van der Waals surface area contributed by atoms with Crippen molar-refractivity contribution in [1.29, 1.82) is 0 Å². The van der Waals surface area contributed by atoms with Gasteiger partial charge in [0.1, 0.15) is 5.84 Å². The lowest BCUT2D eigenvalue weighted by molar-refractivity contribution is 0.251. The molecule has 0 spiro atoms. The Morgan fingerprint density at radius 3 is 2.56 bits per heavy atom. The summed E-state index contributed by atoms with van der Waals surface area (Å²) in [5.41, 5.74) is 5.75. The van der Waals surface area contributed by atoms with Crippen molar-refractivity contribution in [1.82, 2.24) is 5.32 Å². The van der Waals surface area contributed by atoms with Crippen molar-refractivity contribution in [2.45, 2.75) is 26.1 Å². The molecule has 3 aromatic carbocycles. The van der Waals surface area contributed by atoms with Gasteiger partial charge in [0.25, 0.3) is 0 Å². The van der Waals surface area contributed by atoms with Crippen LogP contribution in [0.5, 0.6) is 0 Å². The summed E-state index contributed by atoms with van der Waals surface area (Å²) in [5.74, 6) is 0.760. The minimum atomic E-state index is -0.604. The highest BCUT2D eigenvalue weighted by molar-refractivity contribution is 6.21. The lowest BCUT2D eigenvalue weighted by Crippen LogP contribution is -2.47. The van der Waals surface area contributed by atoms with Crippen LogP contribution in [0.3, 0.4) is 0 Å². The molecular weight excluding hydrogens is 398 g/mol. The monoisotopic (exact) mass is 423 g/mol. The average Bonchev–Trinajstić information content (AvgIpc) is 3.13. The SMILES string of the molecule is Cc1cccc(NC(=O)NC2N=C(c3ccccc3)c3ccccc3N3C[C@@H](C)N=C23)c1. The minimum Gasteiger partial charge on any atom is -0.324 e. The lowest BCUT2D eigenvalue weighted by Gasteiger charge is -2.24. The third-order valence-electron chi connectivity index (χ3n) is 5.62. The number of hydrogen-bond acceptors (Lipinski definition) is 4. The van der Waals surface area contributed by atoms with Gasteiger partial charge in [-0.25, -0.2) is 4.79 Å². The first kappa shape index (κ1) is 20.0. The summed E-state index contributed by atoms with van der Waals surface area (Å²) in [4.78, 5) is 25.0. The van der Waals surface area contributed by atoms with Gasteiger partial charge in [0, 0.05) is 23.4 Å². The van der Waals surface area contributed by atoms with Gasteiger partial charge in [0.05, 0.1) is 17.4 Å². The molecule has 2 heterocycles. The number of amidine groups is 1. The molecule has 2 aliphatic rings. The summed E-state index contributed by atoms with van der Waals surface area (Å²) in [6.07, 6.45) is -0.604. The van der Waals surface area contributed by atoms with E-state index in [1.54, 1.807) is 0 Å². The van der Waals surface area contributed by atoms with Gasteiger partial charge in [-0.05, 0) is 37.6 Å². The normalized spacial score (nSPS) is 19.2. The molecule has 0 bridgehead atoms. The third kappa shape index (κ3) is 3.87. The number of nitrogens with one attached hydrogen (secondary N) is 2. The second-order valence-electron chi connectivity index (χ2n) is 8.18. The second kappa shape index (κ2) is 8.30. The summed E-state index contributed by atoms with van der Waals surface area (Å²) in [6.45, 7) is 4.83. The Balaban J connectivity index is 1.55. The Bertz CT molecular complexity index is 1220. The molecule has 0 aromatic heterocycles. The number of benzene rings is 3. The summed E-state index contributed by atoms with van der Waals surface area (Å²) >= 11 is 0. The fourth-order valence-electron chi connectivity index (χ4n) is 4.24. The van der Waals surface area contributed by atoms with Crippen molar-refractivity contribution in [2.75, 3.05) is 16.8 Å². The standard InChI is InChI=1S/C26H25N5O/c1-17-9-8-12-20(15-17)28-26(32)30-24-25-27-18(2)16-31(25)22-14-7-6-13-21(22)23(29-24)19-10-4-3-5-11-19/h3-15,18,24H,16H2,1-2H3,(H2,28,30,32)/t18-,24?/m1/s1. The fourth-order valence-corrected chi connectivity index (χ4v) is 4.24. The van der Waals surface area contributed by atoms with E-state index >= 15 is 0 Å². The fraction of sp³-hybridized carbons (Fsp3) is 0.192. The molecule has 0 aliphatic carbocycles. The molecule has 6 heteroatoms. The van der Waals surface area contributed by atoms with E-state index in [0.717, 1.165) is 46.2 Å². The number of anilines is 2. The number of para-hydroxylation sites is 1. The van der Waals surface area contributed by atoms with E-state index in [1.807, 2.05) is 73.7 Å². The number of amides is 2. The predicted molar refractivity (Wildman–Crippen MR) is 130 cm³/mol. The minimum absolute atomic E-state index is 0.121. The van der Waals surface area contributed by atoms with Crippen molar-refractivity contribution in [3.8, 4) is 0 Å². The predicted octanol–water partition coefficient (Wildman–Crippen LogP) is 4.60. The summed E-state index contributed by atoms with van der Waals surface area (Å²) in [6, 6.07) is 25.8. The molecule has 0 saturated heterocycles. The number of aryl methyl sites for hydroxylation is 1. The molecule has 2 aliphatic heterocycles. The van der Waals surface area contributed by atoms with E-state index in [-0.39, 0.29) is 12.1 Å². The van der Waals surface area contributed by atoms with E-state index in [9.17, 15) is 4.79 Å². The average molecular weight is 424 g/mol. The van der Waals surface area contributed by atoms with Crippen molar-refractivity contribution in [3.63, 3.8) is 0 Å². The zero-order valence-corrected chi connectivity index (χ0v) is 18.1. The van der Waals surface area contributed by atoms with E-state index in [4.69, 9.17) is 9.98 Å². The Morgan fingerprint density at radius 1 is 0.969 bits per heavy atom. The van der Waals surface area contributed by atoms with Gasteiger partial charge in [0.15, 0.2) is 6.17 Å². The van der Waals surface area contributed by atoms with Crippen molar-refractivity contribution < 1.29 is 4.79 Å². The first-order chi connectivity index (χ1) is 15.6. The van der Waals surface area contributed by atoms with Crippen molar-refractivity contribution in [3.05, 3.63) is 95.6 Å². The first-order valence-electron chi connectivity index (χ1n) is 10.8. The number of nitrogens with zero attached hydrogens (tertiary/aromatic N) is 3. The third-order valence-corrected chi connectivity index (χ3v) is 5.62. The molecule has 32 heavy (non-hydrogen) atoms. The van der Waals surface area contributed by atoms with E-state index in [2.05, 4.69) is 34.6 Å². The lowest BCUT2D eigenvalue weighted by atomic mass is 10.0. The van der Waals surface area contributed by atoms with Crippen LogP contribution in [-0.4, -0.2) is 36.3 Å². The van der Waals surface area contributed by atoms with Crippen LogP contribution in [0.4, 0.5) is 16.2 Å². The van der Waals surface area contributed by atoms with E-state index < -0.39 is 6.17 Å². The zero-order chi connectivity index (χ0) is 22.1. The Morgan fingerprint density at radius 2 is 1.75 bits per heavy atom. The Hall–Kier alpha value is -3.93. The summed E-state index contributed by atoms with van der Waals surface area (Å²) < 4.78 is 0. The van der Waals surface area contributed by atoms with Gasteiger partial charge in [-0.15, -0.1) is 0 Å². The molecule has 6 nitrogen and oxygen atoms in total. The molecule has 2 amide bonds. The molecular formula is C26H25N5O. The van der Waals surface area contributed by atoms with Crippen LogP contribution in [0.15, 0.2) is 88.8 Å². The maximum atomic E-state index is 12.9. The van der Waals surface area contributed by atoms with Gasteiger partial charge < -0.3 is 15.5 Å². The van der Waals surface area contributed by atoms with E-state index in [0.29, 0.717) is 0 Å². The van der Waals surface area contributed by atoms with Crippen LogP contribution >= 0.6 is 0 Å². The number of carbonyl (C=O) groups is 1. The second-order valence-corrected chi connectivity index (χ2v) is 8.18. The number of hydrogen-bond donors (Lipinski definition) is 2. The quantitative estimate of drug-likeness (QED) is 0.646. The molecule has 5 rings (SSSR count). The van der Waals surface area contributed by atoms with Crippen molar-refractivity contribution in [2.24, 2.45) is 9.98 Å². The topological polar surface area (TPSA) is 69.1 Å². The Kier molecular flexibility index (Phi) is 5.19. The van der Waals surface area contributed by atoms with Crippen molar-refractivity contribution >= 4 is 29.0 Å². The summed E-state index contributed by atoms with van der Waals surface area (Å²) in [7, 11) is 0. The zero-order valence-electron chi connectivity index (χ0n) is 18.1. The molecule has 2 N–H and O–H groups in total. The van der Waals surface area contributed by atoms with Crippen LogP contribution in [-0.2, 0) is 0 Å². The van der Waals surface area contributed by atoms with Crippen LogP contribution in [0, 0.1) is 6.92 Å². The maximum Gasteiger partial charge on any atom is 0.321 e. The molecule has 3 aromatic rings. The molecule has 0 saturated carbocycles. The smallest absolute Gasteiger partial charge is 0.321 e. The largest absolute Gasteiger partial charge is 0.324 e. The number of fused-ring (bicyclic) bond motifs is 3. The first-order valence-corrected chi connectivity index (χ1v) is 10.8. The Labute approximate surface area is 187 Å². The van der Waals surface area contributed by atoms with Crippen LogP contribution in [0.25, 0.3) is 0 Å². The van der Waals surface area contributed by atoms with Gasteiger partial charge in [0.2, 0.25) is 0 Å². The summed E-state index contributed by atoms with van der Waals surface area (Å²) in [5, 5.41) is 5.97. The highest BCUT2D eigenvalue weighted by Gasteiger charge is 2.35. The molecule has 1 unspecified atom stereocenters. The van der Waals surface area contributed by atoms with Gasteiger partial charge >= 0.3 is 6.03 Å². The molecule has 0 fully saturated rings. The number of aliphatic imine (C=N–C) groups is 2. The number of carbonyl (C=O) groups excluding carboxylic acids is 1. The molecule has 0 radical (unpaired) electrons. The molecule has 2 atom stereocenters. The van der Waals surface area contributed by atoms with E-state index in [1.165, 1.54) is 0 Å².